The number of amides is 1. The van der Waals surface area contributed by atoms with Crippen LogP contribution in [0.4, 0.5) is 0 Å². The van der Waals surface area contributed by atoms with Crippen LogP contribution in [0.2, 0.25) is 0 Å². The van der Waals surface area contributed by atoms with Crippen molar-refractivity contribution in [1.29, 1.82) is 0 Å². The van der Waals surface area contributed by atoms with Crippen LogP contribution in [0.5, 0.6) is 0 Å². The minimum atomic E-state index is 0.347. The third-order valence-electron chi connectivity index (χ3n) is 3.89. The first-order chi connectivity index (χ1) is 8.17. The molecule has 17 heavy (non-hydrogen) atoms. The molecule has 0 spiro atoms. The molecule has 0 aromatic heterocycles. The number of nitrogens with one attached hydrogen (secondary N) is 1. The van der Waals surface area contributed by atoms with Crippen molar-refractivity contribution in [1.82, 2.24) is 10.2 Å². The molecule has 0 bridgehead atoms. The highest BCUT2D eigenvalue weighted by Gasteiger charge is 2.18. The monoisotopic (exact) mass is 240 g/mol. The number of hydrogen-bond donors (Lipinski definition) is 1. The summed E-state index contributed by atoms with van der Waals surface area (Å²) in [6.07, 6.45) is 4.18. The number of carbonyl (C=O) groups excluding carboxylic acids is 1. The zero-order valence-corrected chi connectivity index (χ0v) is 11.7. The number of rotatable bonds is 7. The summed E-state index contributed by atoms with van der Waals surface area (Å²) in [5, 5.41) is 3.36. The quantitative estimate of drug-likeness (QED) is 0.740. The number of carbonyl (C=O) groups is 1. The van der Waals surface area contributed by atoms with E-state index in [2.05, 4.69) is 26.1 Å². The number of hydrogen-bond acceptors (Lipinski definition) is 2. The van der Waals surface area contributed by atoms with Gasteiger partial charge in [-0.05, 0) is 44.7 Å². The molecule has 2 unspecified atom stereocenters. The molecule has 2 atom stereocenters. The summed E-state index contributed by atoms with van der Waals surface area (Å²) in [4.78, 5) is 14.1. The van der Waals surface area contributed by atoms with Crippen LogP contribution >= 0.6 is 0 Å². The van der Waals surface area contributed by atoms with Crippen LogP contribution in [0, 0.1) is 11.8 Å². The molecule has 0 saturated carbocycles. The molecule has 1 saturated heterocycles. The van der Waals surface area contributed by atoms with Crippen molar-refractivity contribution in [3.63, 3.8) is 0 Å². The fraction of sp³-hybridized carbons (Fsp3) is 0.929. The van der Waals surface area contributed by atoms with Gasteiger partial charge in [0.1, 0.15) is 0 Å². The molecule has 0 aromatic carbocycles. The maximum atomic E-state index is 12.1. The van der Waals surface area contributed by atoms with Gasteiger partial charge >= 0.3 is 0 Å². The van der Waals surface area contributed by atoms with Crippen LogP contribution in [0.25, 0.3) is 0 Å². The summed E-state index contributed by atoms with van der Waals surface area (Å²) in [6, 6.07) is 0. The van der Waals surface area contributed by atoms with E-state index in [1.165, 1.54) is 6.42 Å². The van der Waals surface area contributed by atoms with E-state index >= 15 is 0 Å². The predicted molar refractivity (Wildman–Crippen MR) is 71.9 cm³/mol. The lowest BCUT2D eigenvalue weighted by Gasteiger charge is -2.24. The van der Waals surface area contributed by atoms with E-state index in [1.807, 2.05) is 4.90 Å². The molecule has 3 nitrogen and oxygen atoms in total. The van der Waals surface area contributed by atoms with E-state index in [0.29, 0.717) is 11.8 Å². The maximum absolute atomic E-state index is 12.1. The van der Waals surface area contributed by atoms with Gasteiger partial charge in [0.2, 0.25) is 5.91 Å². The summed E-state index contributed by atoms with van der Waals surface area (Å²) in [5.41, 5.74) is 0. The SMILES string of the molecule is CCC(C)CN(CC)C(=O)CCC1CCNC1. The highest BCUT2D eigenvalue weighted by atomic mass is 16.2. The lowest BCUT2D eigenvalue weighted by atomic mass is 10.0. The summed E-state index contributed by atoms with van der Waals surface area (Å²) in [6.45, 7) is 10.5. The third kappa shape index (κ3) is 5.07. The van der Waals surface area contributed by atoms with Crippen molar-refractivity contribution in [2.45, 2.75) is 46.5 Å². The van der Waals surface area contributed by atoms with Crippen molar-refractivity contribution < 1.29 is 4.79 Å². The highest BCUT2D eigenvalue weighted by Crippen LogP contribution is 2.15. The summed E-state index contributed by atoms with van der Waals surface area (Å²) in [7, 11) is 0. The summed E-state index contributed by atoms with van der Waals surface area (Å²) < 4.78 is 0. The van der Waals surface area contributed by atoms with Crippen molar-refractivity contribution >= 4 is 5.91 Å². The lowest BCUT2D eigenvalue weighted by Crippen LogP contribution is -2.34. The Hall–Kier alpha value is -0.570. The number of nitrogens with zero attached hydrogens (tertiary/aromatic N) is 1. The Labute approximate surface area is 106 Å². The first kappa shape index (κ1) is 14.5. The van der Waals surface area contributed by atoms with E-state index in [0.717, 1.165) is 51.4 Å². The first-order valence-electron chi connectivity index (χ1n) is 7.15. The molecular weight excluding hydrogens is 212 g/mol. The molecular formula is C14H28N2O. The third-order valence-corrected chi connectivity index (χ3v) is 3.89. The molecule has 100 valence electrons. The van der Waals surface area contributed by atoms with E-state index in [4.69, 9.17) is 0 Å². The van der Waals surface area contributed by atoms with E-state index in [9.17, 15) is 4.79 Å². The largest absolute Gasteiger partial charge is 0.343 e. The van der Waals surface area contributed by atoms with Crippen LogP contribution in [0.15, 0.2) is 0 Å². The van der Waals surface area contributed by atoms with E-state index < -0.39 is 0 Å². The Bertz CT molecular complexity index is 224. The average molecular weight is 240 g/mol. The molecule has 1 heterocycles. The fourth-order valence-corrected chi connectivity index (χ4v) is 2.36. The Kier molecular flexibility index (Phi) is 6.56. The molecule has 1 fully saturated rings. The molecule has 1 aliphatic heterocycles. The molecule has 3 heteroatoms. The van der Waals surface area contributed by atoms with Crippen molar-refractivity contribution in [2.75, 3.05) is 26.2 Å². The molecule has 1 N–H and O–H groups in total. The topological polar surface area (TPSA) is 32.3 Å². The van der Waals surface area contributed by atoms with E-state index in [1.54, 1.807) is 0 Å². The average Bonchev–Trinajstić information content (AvgIpc) is 2.85. The van der Waals surface area contributed by atoms with Gasteiger partial charge in [0.15, 0.2) is 0 Å². The van der Waals surface area contributed by atoms with Gasteiger partial charge < -0.3 is 10.2 Å². The minimum absolute atomic E-state index is 0.347. The van der Waals surface area contributed by atoms with Gasteiger partial charge in [-0.1, -0.05) is 20.3 Å². The van der Waals surface area contributed by atoms with Crippen LogP contribution < -0.4 is 5.32 Å². The molecule has 1 amide bonds. The molecule has 0 aliphatic carbocycles. The van der Waals surface area contributed by atoms with Gasteiger partial charge in [-0.2, -0.15) is 0 Å². The fourth-order valence-electron chi connectivity index (χ4n) is 2.36. The zero-order valence-electron chi connectivity index (χ0n) is 11.7. The minimum Gasteiger partial charge on any atom is -0.343 e. The Balaban J connectivity index is 2.27. The van der Waals surface area contributed by atoms with Gasteiger partial charge in [-0.3, -0.25) is 4.79 Å². The Morgan fingerprint density at radius 3 is 2.76 bits per heavy atom. The summed E-state index contributed by atoms with van der Waals surface area (Å²) >= 11 is 0. The first-order valence-corrected chi connectivity index (χ1v) is 7.15. The smallest absolute Gasteiger partial charge is 0.222 e. The second-order valence-electron chi connectivity index (χ2n) is 5.34. The molecule has 0 radical (unpaired) electrons. The second-order valence-corrected chi connectivity index (χ2v) is 5.34. The Morgan fingerprint density at radius 2 is 2.24 bits per heavy atom. The Morgan fingerprint density at radius 1 is 1.47 bits per heavy atom. The van der Waals surface area contributed by atoms with Gasteiger partial charge in [0.25, 0.3) is 0 Å². The van der Waals surface area contributed by atoms with Crippen LogP contribution in [0.1, 0.15) is 46.5 Å². The van der Waals surface area contributed by atoms with Crippen LogP contribution in [0.3, 0.4) is 0 Å². The van der Waals surface area contributed by atoms with Gasteiger partial charge in [-0.15, -0.1) is 0 Å². The standard InChI is InChI=1S/C14H28N2O/c1-4-12(3)11-16(5-2)14(17)7-6-13-8-9-15-10-13/h12-13,15H,4-11H2,1-3H3. The van der Waals surface area contributed by atoms with Crippen LogP contribution in [-0.4, -0.2) is 37.0 Å². The van der Waals surface area contributed by atoms with Gasteiger partial charge in [0, 0.05) is 19.5 Å². The predicted octanol–water partition coefficient (Wildman–Crippen LogP) is 2.27. The van der Waals surface area contributed by atoms with E-state index in [-0.39, 0.29) is 0 Å². The maximum Gasteiger partial charge on any atom is 0.222 e. The summed E-state index contributed by atoms with van der Waals surface area (Å²) in [5.74, 6) is 1.69. The second kappa shape index (κ2) is 7.70. The van der Waals surface area contributed by atoms with Crippen LogP contribution in [-0.2, 0) is 4.79 Å². The van der Waals surface area contributed by atoms with Gasteiger partial charge in [0.05, 0.1) is 0 Å². The van der Waals surface area contributed by atoms with Crippen molar-refractivity contribution in [3.05, 3.63) is 0 Å². The normalized spacial score (nSPS) is 21.5. The van der Waals surface area contributed by atoms with Crippen molar-refractivity contribution in [2.24, 2.45) is 11.8 Å². The zero-order chi connectivity index (χ0) is 12.7. The molecule has 1 rings (SSSR count). The highest BCUT2D eigenvalue weighted by molar-refractivity contribution is 5.76. The lowest BCUT2D eigenvalue weighted by molar-refractivity contribution is -0.131. The molecule has 0 aromatic rings. The van der Waals surface area contributed by atoms with Gasteiger partial charge in [-0.25, -0.2) is 0 Å². The van der Waals surface area contributed by atoms with Crippen molar-refractivity contribution in [3.8, 4) is 0 Å². The molecule has 1 aliphatic rings.